The Morgan fingerprint density at radius 2 is 2.10 bits per heavy atom. The molecule has 0 aliphatic carbocycles. The Morgan fingerprint density at radius 1 is 1.33 bits per heavy atom. The van der Waals surface area contributed by atoms with Crippen molar-refractivity contribution in [2.75, 3.05) is 20.2 Å². The van der Waals surface area contributed by atoms with E-state index in [0.717, 1.165) is 29.9 Å². The van der Waals surface area contributed by atoms with Crippen LogP contribution in [-0.4, -0.2) is 54.7 Å². The third kappa shape index (κ3) is 3.75. The van der Waals surface area contributed by atoms with Crippen molar-refractivity contribution in [3.05, 3.63) is 23.8 Å². The number of likely N-dealkylation sites (tertiary alicyclic amines) is 1. The molecule has 0 radical (unpaired) electrons. The summed E-state index contributed by atoms with van der Waals surface area (Å²) < 4.78 is 18.4. The normalized spacial score (nSPS) is 30.1. The van der Waals surface area contributed by atoms with Gasteiger partial charge < -0.3 is 24.4 Å². The van der Waals surface area contributed by atoms with Crippen molar-refractivity contribution in [2.45, 2.75) is 64.4 Å². The lowest BCUT2D eigenvalue weighted by molar-refractivity contribution is -0.189. The molecule has 4 rings (SSSR count). The fourth-order valence-electron chi connectivity index (χ4n) is 5.25. The molecule has 5 atom stereocenters. The lowest BCUT2D eigenvalue weighted by Gasteiger charge is -2.53. The zero-order valence-corrected chi connectivity index (χ0v) is 18.4. The van der Waals surface area contributed by atoms with E-state index in [0.29, 0.717) is 13.1 Å². The summed E-state index contributed by atoms with van der Waals surface area (Å²) in [4.78, 5) is 26.0. The van der Waals surface area contributed by atoms with Crippen LogP contribution in [0.25, 0.3) is 0 Å². The molecule has 3 aliphatic rings. The number of ether oxygens (including phenoxy) is 3. The molecule has 0 bridgehead atoms. The number of fused-ring (bicyclic) bond motifs is 4. The third-order valence-electron chi connectivity index (χ3n) is 6.80. The second kappa shape index (κ2) is 7.76. The van der Waals surface area contributed by atoms with Crippen molar-refractivity contribution < 1.29 is 23.8 Å². The van der Waals surface area contributed by atoms with E-state index >= 15 is 0 Å². The van der Waals surface area contributed by atoms with E-state index in [1.165, 1.54) is 6.92 Å². The number of nitrogens with one attached hydrogen (secondary N) is 1. The maximum Gasteiger partial charge on any atom is 0.244 e. The van der Waals surface area contributed by atoms with Crippen LogP contribution in [0.5, 0.6) is 11.5 Å². The number of hydrogen-bond donors (Lipinski definition) is 1. The number of benzene rings is 1. The molecule has 2 fully saturated rings. The molecule has 0 spiro atoms. The van der Waals surface area contributed by atoms with Crippen LogP contribution in [0.15, 0.2) is 18.2 Å². The minimum Gasteiger partial charge on any atom is -0.497 e. The zero-order valence-electron chi connectivity index (χ0n) is 18.4. The Balaban J connectivity index is 1.52. The van der Waals surface area contributed by atoms with Gasteiger partial charge in [-0.25, -0.2) is 0 Å². The molecule has 1 N–H and O–H groups in total. The fraction of sp³-hybridized carbons (Fsp3) is 0.652. The van der Waals surface area contributed by atoms with Gasteiger partial charge in [0.1, 0.15) is 23.1 Å². The van der Waals surface area contributed by atoms with Crippen molar-refractivity contribution >= 4 is 11.8 Å². The van der Waals surface area contributed by atoms with Gasteiger partial charge in [-0.1, -0.05) is 0 Å². The molecule has 0 aromatic heterocycles. The van der Waals surface area contributed by atoms with Crippen molar-refractivity contribution in [3.8, 4) is 11.5 Å². The molecule has 1 aromatic rings. The van der Waals surface area contributed by atoms with E-state index in [1.807, 2.05) is 17.0 Å². The number of carbonyl (C=O) groups is 2. The van der Waals surface area contributed by atoms with Crippen molar-refractivity contribution in [1.29, 1.82) is 0 Å². The summed E-state index contributed by atoms with van der Waals surface area (Å²) in [5.74, 6) is 1.85. The molecule has 1 aromatic carbocycles. The average molecular weight is 417 g/mol. The minimum absolute atomic E-state index is 0.0172. The highest BCUT2D eigenvalue weighted by Crippen LogP contribution is 2.53. The number of methoxy groups -OCH3 is 1. The van der Waals surface area contributed by atoms with Crippen LogP contribution in [0, 0.1) is 11.8 Å². The second-order valence-corrected chi connectivity index (χ2v) is 9.30. The number of hydrogen-bond acceptors (Lipinski definition) is 5. The minimum atomic E-state index is -0.507. The Labute approximate surface area is 178 Å². The molecule has 164 valence electrons. The maximum absolute atomic E-state index is 12.8. The number of carbonyl (C=O) groups excluding carboxylic acids is 2. The first-order valence-corrected chi connectivity index (χ1v) is 10.8. The summed E-state index contributed by atoms with van der Waals surface area (Å²) in [6, 6.07) is 5.44. The molecule has 30 heavy (non-hydrogen) atoms. The predicted octanol–water partition coefficient (Wildman–Crippen LogP) is 2.69. The van der Waals surface area contributed by atoms with E-state index in [9.17, 15) is 9.59 Å². The first kappa shape index (κ1) is 21.0. The smallest absolute Gasteiger partial charge is 0.244 e. The van der Waals surface area contributed by atoms with E-state index in [4.69, 9.17) is 14.2 Å². The van der Waals surface area contributed by atoms with E-state index < -0.39 is 6.04 Å². The first-order valence-electron chi connectivity index (χ1n) is 10.8. The SMILES string of the molecule is COc1ccc2c(c1)OC(C)(C)[C@@H]1C[C@H]3CN(C(=O)[C@@H](C)NC(C)=O)CC[C@H]3O[C@@H]21. The largest absolute Gasteiger partial charge is 0.497 e. The van der Waals surface area contributed by atoms with E-state index in [-0.39, 0.29) is 41.5 Å². The first-order chi connectivity index (χ1) is 14.2. The van der Waals surface area contributed by atoms with Gasteiger partial charge >= 0.3 is 0 Å². The van der Waals surface area contributed by atoms with E-state index in [1.54, 1.807) is 14.0 Å². The van der Waals surface area contributed by atoms with Gasteiger partial charge in [0.25, 0.3) is 0 Å². The number of amides is 2. The fourth-order valence-corrected chi connectivity index (χ4v) is 5.25. The highest BCUT2D eigenvalue weighted by atomic mass is 16.5. The molecule has 0 saturated carbocycles. The monoisotopic (exact) mass is 416 g/mol. The summed E-state index contributed by atoms with van der Waals surface area (Å²) in [5, 5.41) is 2.70. The van der Waals surface area contributed by atoms with Gasteiger partial charge in [-0.3, -0.25) is 9.59 Å². The summed E-state index contributed by atoms with van der Waals surface area (Å²) in [6.45, 7) is 8.71. The molecule has 2 saturated heterocycles. The standard InChI is InChI=1S/C23H32N2O5/c1-13(24-14(2)26)22(27)25-9-8-19-15(12-25)10-18-21(29-19)17-7-6-16(28-5)11-20(17)30-23(18,3)4/h6-7,11,13,15,18-19,21H,8-10,12H2,1-5H3,(H,24,26)/t13-,15+,18-,19-,21+/m1/s1. The average Bonchev–Trinajstić information content (AvgIpc) is 2.70. The highest BCUT2D eigenvalue weighted by Gasteiger charge is 2.51. The molecular weight excluding hydrogens is 384 g/mol. The van der Waals surface area contributed by atoms with Crippen LogP contribution in [0.3, 0.4) is 0 Å². The van der Waals surface area contributed by atoms with Crippen LogP contribution in [0.1, 0.15) is 52.2 Å². The van der Waals surface area contributed by atoms with Crippen molar-refractivity contribution in [3.63, 3.8) is 0 Å². The summed E-state index contributed by atoms with van der Waals surface area (Å²) in [6.07, 6.45) is 1.84. The quantitative estimate of drug-likeness (QED) is 0.820. The summed E-state index contributed by atoms with van der Waals surface area (Å²) in [5.41, 5.74) is 0.696. The van der Waals surface area contributed by atoms with Crippen LogP contribution >= 0.6 is 0 Å². The molecule has 0 unspecified atom stereocenters. The van der Waals surface area contributed by atoms with Crippen molar-refractivity contribution in [1.82, 2.24) is 10.2 Å². The lowest BCUT2D eigenvalue weighted by Crippen LogP contribution is -2.57. The molecule has 3 heterocycles. The van der Waals surface area contributed by atoms with Gasteiger partial charge in [-0.2, -0.15) is 0 Å². The predicted molar refractivity (Wildman–Crippen MR) is 111 cm³/mol. The second-order valence-electron chi connectivity index (χ2n) is 9.30. The van der Waals surface area contributed by atoms with Gasteiger partial charge in [-0.15, -0.1) is 0 Å². The van der Waals surface area contributed by atoms with Gasteiger partial charge in [0.15, 0.2) is 0 Å². The Morgan fingerprint density at radius 3 is 2.80 bits per heavy atom. The topological polar surface area (TPSA) is 77.1 Å². The number of rotatable bonds is 3. The Hall–Kier alpha value is -2.28. The molecule has 7 heteroatoms. The Bertz CT molecular complexity index is 839. The van der Waals surface area contributed by atoms with Gasteiger partial charge in [0, 0.05) is 43.5 Å². The summed E-state index contributed by atoms with van der Waals surface area (Å²) >= 11 is 0. The zero-order chi connectivity index (χ0) is 21.6. The molecule has 3 aliphatic heterocycles. The molecule has 7 nitrogen and oxygen atoms in total. The van der Waals surface area contributed by atoms with Crippen molar-refractivity contribution in [2.24, 2.45) is 11.8 Å². The third-order valence-corrected chi connectivity index (χ3v) is 6.80. The van der Waals surface area contributed by atoms with Crippen LogP contribution < -0.4 is 14.8 Å². The van der Waals surface area contributed by atoms with Gasteiger partial charge in [0.05, 0.1) is 19.3 Å². The van der Waals surface area contributed by atoms with Gasteiger partial charge in [0.2, 0.25) is 11.8 Å². The molecule has 2 amide bonds. The van der Waals surface area contributed by atoms with Crippen LogP contribution in [-0.2, 0) is 14.3 Å². The van der Waals surface area contributed by atoms with E-state index in [2.05, 4.69) is 25.2 Å². The lowest BCUT2D eigenvalue weighted by atomic mass is 9.70. The van der Waals surface area contributed by atoms with Crippen LogP contribution in [0.4, 0.5) is 0 Å². The van der Waals surface area contributed by atoms with Crippen LogP contribution in [0.2, 0.25) is 0 Å². The number of nitrogens with zero attached hydrogens (tertiary/aromatic N) is 1. The summed E-state index contributed by atoms with van der Waals surface area (Å²) in [7, 11) is 1.65. The maximum atomic E-state index is 12.8. The molecular formula is C23H32N2O5. The Kier molecular flexibility index (Phi) is 5.43. The van der Waals surface area contributed by atoms with Gasteiger partial charge in [-0.05, 0) is 45.7 Å². The highest BCUT2D eigenvalue weighted by molar-refractivity contribution is 5.86. The number of piperidine rings is 1.